The zero-order chi connectivity index (χ0) is 16.4. The molecule has 0 spiro atoms. The molecular formula is C16H22N2O4S. The molecule has 0 bridgehead atoms. The monoisotopic (exact) mass is 338 g/mol. The molecule has 1 saturated heterocycles. The van der Waals surface area contributed by atoms with Gasteiger partial charge in [0.25, 0.3) is 0 Å². The normalized spacial score (nSPS) is 25.3. The molecule has 0 unspecified atom stereocenters. The Kier molecular flexibility index (Phi) is 4.59. The number of fused-ring (bicyclic) bond motifs is 1. The Balaban J connectivity index is 1.76. The van der Waals surface area contributed by atoms with Gasteiger partial charge in [-0.3, -0.25) is 4.79 Å². The van der Waals surface area contributed by atoms with E-state index < -0.39 is 16.1 Å². The highest BCUT2D eigenvalue weighted by Gasteiger charge is 2.36. The average molecular weight is 338 g/mol. The van der Waals surface area contributed by atoms with Gasteiger partial charge < -0.3 is 10.1 Å². The number of ether oxygens (including phenoxy) is 1. The maximum Gasteiger partial charge on any atom is 0.238 e. The molecule has 6 nitrogen and oxygen atoms in total. The first-order valence-electron chi connectivity index (χ1n) is 7.96. The highest BCUT2D eigenvalue weighted by Crippen LogP contribution is 2.32. The third-order valence-electron chi connectivity index (χ3n) is 4.46. The van der Waals surface area contributed by atoms with Gasteiger partial charge in [0.2, 0.25) is 15.9 Å². The molecule has 1 aromatic carbocycles. The fourth-order valence-corrected chi connectivity index (χ4v) is 4.45. The molecule has 0 saturated carbocycles. The largest absolute Gasteiger partial charge is 0.493 e. The summed E-state index contributed by atoms with van der Waals surface area (Å²) in [7, 11) is -3.37. The van der Waals surface area contributed by atoms with Gasteiger partial charge in [-0.15, -0.1) is 0 Å². The maximum atomic E-state index is 12.7. The lowest BCUT2D eigenvalue weighted by Crippen LogP contribution is -2.52. The lowest BCUT2D eigenvalue weighted by molar-refractivity contribution is -0.126. The van der Waals surface area contributed by atoms with Gasteiger partial charge in [0.1, 0.15) is 11.8 Å². The number of benzene rings is 1. The minimum Gasteiger partial charge on any atom is -0.493 e. The molecule has 1 aromatic rings. The van der Waals surface area contributed by atoms with Gasteiger partial charge in [-0.25, -0.2) is 8.42 Å². The molecule has 1 fully saturated rings. The summed E-state index contributed by atoms with van der Waals surface area (Å²) < 4.78 is 30.8. The quantitative estimate of drug-likeness (QED) is 0.905. The summed E-state index contributed by atoms with van der Waals surface area (Å²) in [5.74, 6) is 0.574. The SMILES string of the molecule is CS(=O)(=O)N1CCCC[C@H]1C(=O)N[C@@H]1CCOc2ccccc21. The van der Waals surface area contributed by atoms with Crippen LogP contribution in [0, 0.1) is 0 Å². The number of nitrogens with zero attached hydrogens (tertiary/aromatic N) is 1. The molecule has 1 amide bonds. The highest BCUT2D eigenvalue weighted by molar-refractivity contribution is 7.88. The predicted molar refractivity (Wildman–Crippen MR) is 86.6 cm³/mol. The topological polar surface area (TPSA) is 75.7 Å². The van der Waals surface area contributed by atoms with Crippen molar-refractivity contribution in [1.82, 2.24) is 9.62 Å². The van der Waals surface area contributed by atoms with Crippen LogP contribution in [0.5, 0.6) is 5.75 Å². The molecule has 2 aliphatic heterocycles. The molecular weight excluding hydrogens is 316 g/mol. The zero-order valence-electron chi connectivity index (χ0n) is 13.2. The minimum atomic E-state index is -3.37. The Morgan fingerprint density at radius 1 is 1.26 bits per heavy atom. The summed E-state index contributed by atoms with van der Waals surface area (Å²) in [6.07, 6.45) is 4.10. The van der Waals surface area contributed by atoms with Crippen molar-refractivity contribution < 1.29 is 17.9 Å². The van der Waals surface area contributed by atoms with Crippen LogP contribution in [0.1, 0.15) is 37.3 Å². The van der Waals surface area contributed by atoms with Gasteiger partial charge >= 0.3 is 0 Å². The Labute approximate surface area is 136 Å². The molecule has 0 aromatic heterocycles. The first kappa shape index (κ1) is 16.3. The second-order valence-corrected chi connectivity index (χ2v) is 8.06. The smallest absolute Gasteiger partial charge is 0.238 e. The van der Waals surface area contributed by atoms with Crippen LogP contribution in [-0.2, 0) is 14.8 Å². The Hall–Kier alpha value is -1.60. The standard InChI is InChI=1S/C16H22N2O4S/c1-23(20,21)18-10-5-4-7-14(18)16(19)17-13-9-11-22-15-8-3-2-6-12(13)15/h2-3,6,8,13-14H,4-5,7,9-11H2,1H3,(H,17,19)/t13-,14+/m1/s1. The molecule has 2 heterocycles. The average Bonchev–Trinajstić information content (AvgIpc) is 2.54. The molecule has 126 valence electrons. The van der Waals surface area contributed by atoms with E-state index in [-0.39, 0.29) is 11.9 Å². The molecule has 7 heteroatoms. The molecule has 0 radical (unpaired) electrons. The van der Waals surface area contributed by atoms with Gasteiger partial charge in [0.05, 0.1) is 18.9 Å². The number of nitrogens with one attached hydrogen (secondary N) is 1. The molecule has 0 aliphatic carbocycles. The number of carbonyl (C=O) groups is 1. The van der Waals surface area contributed by atoms with Gasteiger partial charge in [0, 0.05) is 18.5 Å². The van der Waals surface area contributed by atoms with Crippen molar-refractivity contribution in [3.8, 4) is 5.75 Å². The van der Waals surface area contributed by atoms with Crippen molar-refractivity contribution >= 4 is 15.9 Å². The van der Waals surface area contributed by atoms with Crippen molar-refractivity contribution in [3.05, 3.63) is 29.8 Å². The van der Waals surface area contributed by atoms with E-state index in [1.165, 1.54) is 10.6 Å². The number of hydrogen-bond acceptors (Lipinski definition) is 4. The van der Waals surface area contributed by atoms with Crippen LogP contribution in [0.2, 0.25) is 0 Å². The van der Waals surface area contributed by atoms with E-state index in [4.69, 9.17) is 4.74 Å². The summed E-state index contributed by atoms with van der Waals surface area (Å²) in [6.45, 7) is 0.962. The lowest BCUT2D eigenvalue weighted by Gasteiger charge is -2.34. The number of hydrogen-bond donors (Lipinski definition) is 1. The van der Waals surface area contributed by atoms with Crippen molar-refractivity contribution in [3.63, 3.8) is 0 Å². The summed E-state index contributed by atoms with van der Waals surface area (Å²) >= 11 is 0. The maximum absolute atomic E-state index is 12.7. The van der Waals surface area contributed by atoms with Crippen LogP contribution >= 0.6 is 0 Å². The summed E-state index contributed by atoms with van der Waals surface area (Å²) in [5.41, 5.74) is 0.953. The Morgan fingerprint density at radius 3 is 2.83 bits per heavy atom. The van der Waals surface area contributed by atoms with Crippen LogP contribution in [0.25, 0.3) is 0 Å². The fraction of sp³-hybridized carbons (Fsp3) is 0.562. The van der Waals surface area contributed by atoms with E-state index in [1.807, 2.05) is 24.3 Å². The third-order valence-corrected chi connectivity index (χ3v) is 5.75. The van der Waals surface area contributed by atoms with Crippen molar-refractivity contribution in [1.29, 1.82) is 0 Å². The van der Waals surface area contributed by atoms with Gasteiger partial charge in [-0.05, 0) is 18.9 Å². The van der Waals surface area contributed by atoms with Crippen LogP contribution in [0.15, 0.2) is 24.3 Å². The third kappa shape index (κ3) is 3.50. The zero-order valence-corrected chi connectivity index (χ0v) is 14.0. The minimum absolute atomic E-state index is 0.129. The lowest BCUT2D eigenvalue weighted by atomic mass is 9.99. The van der Waals surface area contributed by atoms with E-state index in [1.54, 1.807) is 0 Å². The number of rotatable bonds is 3. The Bertz CT molecular complexity index is 689. The number of carbonyl (C=O) groups excluding carboxylic acids is 1. The summed E-state index contributed by atoms with van der Waals surface area (Å²) in [6, 6.07) is 6.90. The van der Waals surface area contributed by atoms with Crippen LogP contribution < -0.4 is 10.1 Å². The van der Waals surface area contributed by atoms with Crippen LogP contribution in [-0.4, -0.2) is 44.1 Å². The van der Waals surface area contributed by atoms with Crippen LogP contribution in [0.4, 0.5) is 0 Å². The van der Waals surface area contributed by atoms with Crippen molar-refractivity contribution in [2.75, 3.05) is 19.4 Å². The van der Waals surface area contributed by atoms with E-state index in [0.717, 1.165) is 24.2 Å². The number of sulfonamides is 1. The second kappa shape index (κ2) is 6.49. The first-order valence-corrected chi connectivity index (χ1v) is 9.80. The summed E-state index contributed by atoms with van der Waals surface area (Å²) in [4.78, 5) is 12.7. The molecule has 23 heavy (non-hydrogen) atoms. The number of para-hydroxylation sites is 1. The first-order chi connectivity index (χ1) is 11.0. The molecule has 2 atom stereocenters. The predicted octanol–water partition coefficient (Wildman–Crippen LogP) is 1.44. The number of piperidine rings is 1. The number of amides is 1. The van der Waals surface area contributed by atoms with E-state index in [9.17, 15) is 13.2 Å². The van der Waals surface area contributed by atoms with Gasteiger partial charge in [0.15, 0.2) is 0 Å². The molecule has 3 rings (SSSR count). The highest BCUT2D eigenvalue weighted by atomic mass is 32.2. The molecule has 2 aliphatic rings. The van der Waals surface area contributed by atoms with E-state index in [2.05, 4.69) is 5.32 Å². The van der Waals surface area contributed by atoms with Crippen molar-refractivity contribution in [2.45, 2.75) is 37.8 Å². The van der Waals surface area contributed by atoms with Gasteiger partial charge in [-0.1, -0.05) is 24.6 Å². The second-order valence-electron chi connectivity index (χ2n) is 6.12. The van der Waals surface area contributed by atoms with E-state index in [0.29, 0.717) is 26.0 Å². The Morgan fingerprint density at radius 2 is 2.04 bits per heavy atom. The summed E-state index contributed by atoms with van der Waals surface area (Å²) in [5, 5.41) is 3.02. The fourth-order valence-electron chi connectivity index (χ4n) is 3.32. The van der Waals surface area contributed by atoms with Crippen LogP contribution in [0.3, 0.4) is 0 Å². The van der Waals surface area contributed by atoms with Gasteiger partial charge in [-0.2, -0.15) is 4.31 Å². The molecule has 1 N–H and O–H groups in total. The van der Waals surface area contributed by atoms with Crippen molar-refractivity contribution in [2.24, 2.45) is 0 Å². The van der Waals surface area contributed by atoms with E-state index >= 15 is 0 Å².